The van der Waals surface area contributed by atoms with Gasteiger partial charge in [0.2, 0.25) is 10.0 Å². The van der Waals surface area contributed by atoms with Crippen LogP contribution < -0.4 is 10.5 Å². The van der Waals surface area contributed by atoms with Crippen molar-refractivity contribution in [2.75, 3.05) is 6.26 Å². The second-order valence-electron chi connectivity index (χ2n) is 5.42. The van der Waals surface area contributed by atoms with Crippen LogP contribution in [0.3, 0.4) is 0 Å². The lowest BCUT2D eigenvalue weighted by Crippen LogP contribution is -2.38. The molecule has 1 aliphatic rings. The van der Waals surface area contributed by atoms with Crippen LogP contribution in [-0.4, -0.2) is 26.0 Å². The lowest BCUT2D eigenvalue weighted by molar-refractivity contribution is 0.555. The van der Waals surface area contributed by atoms with Gasteiger partial charge in [0.05, 0.1) is 4.90 Å². The van der Waals surface area contributed by atoms with E-state index in [0.717, 1.165) is 36.8 Å². The lowest BCUT2D eigenvalue weighted by Gasteiger charge is -2.19. The molecule has 3 N–H and O–H groups in total. The number of nitrogens with two attached hydrogens (primary N) is 1. The second-order valence-corrected chi connectivity index (χ2v) is 8.21. The molecule has 0 radical (unpaired) electrons. The minimum atomic E-state index is -3.46. The molecule has 2 rings (SSSR count). The number of thioether (sulfide) groups is 1. The Morgan fingerprint density at radius 3 is 2.71 bits per heavy atom. The first kappa shape index (κ1) is 16.8. The quantitative estimate of drug-likeness (QED) is 0.840. The van der Waals surface area contributed by atoms with Gasteiger partial charge in [-0.1, -0.05) is 19.4 Å². The van der Waals surface area contributed by atoms with E-state index in [1.807, 2.05) is 19.2 Å². The molecule has 0 spiro atoms. The van der Waals surface area contributed by atoms with Gasteiger partial charge < -0.3 is 5.73 Å². The molecular weight excluding hydrogens is 304 g/mol. The summed E-state index contributed by atoms with van der Waals surface area (Å²) in [5.74, 6) is 0. The SMILES string of the molecule is CCc1ccc(S(=O)(=O)NC2CCCC2SC)cc1CN. The Balaban J connectivity index is 2.23. The van der Waals surface area contributed by atoms with Gasteiger partial charge in [0, 0.05) is 17.8 Å². The standard InChI is InChI=1S/C15H24N2O2S2/c1-3-11-7-8-13(9-12(11)10-16)21(18,19)17-14-5-4-6-15(14)20-2/h7-9,14-15,17H,3-6,10,16H2,1-2H3. The van der Waals surface area contributed by atoms with Gasteiger partial charge in [0.15, 0.2) is 0 Å². The van der Waals surface area contributed by atoms with Gasteiger partial charge in [0.25, 0.3) is 0 Å². The maximum absolute atomic E-state index is 12.6. The molecule has 1 saturated carbocycles. The molecule has 0 bridgehead atoms. The highest BCUT2D eigenvalue weighted by molar-refractivity contribution is 7.99. The van der Waals surface area contributed by atoms with E-state index in [1.165, 1.54) is 0 Å². The molecule has 0 aromatic heterocycles. The number of benzene rings is 1. The molecule has 0 amide bonds. The summed E-state index contributed by atoms with van der Waals surface area (Å²) in [6.45, 7) is 2.41. The molecule has 21 heavy (non-hydrogen) atoms. The fourth-order valence-corrected chi connectivity index (χ4v) is 5.30. The number of rotatable bonds is 6. The molecule has 1 fully saturated rings. The van der Waals surface area contributed by atoms with Gasteiger partial charge in [-0.05, 0) is 48.8 Å². The van der Waals surface area contributed by atoms with Crippen LogP contribution in [-0.2, 0) is 23.0 Å². The molecule has 2 unspecified atom stereocenters. The summed E-state index contributed by atoms with van der Waals surface area (Å²) < 4.78 is 28.0. The summed E-state index contributed by atoms with van der Waals surface area (Å²) >= 11 is 1.74. The van der Waals surface area contributed by atoms with Crippen molar-refractivity contribution in [2.45, 2.75) is 55.3 Å². The van der Waals surface area contributed by atoms with E-state index in [2.05, 4.69) is 4.72 Å². The number of hydrogen-bond acceptors (Lipinski definition) is 4. The Morgan fingerprint density at radius 1 is 1.33 bits per heavy atom. The summed E-state index contributed by atoms with van der Waals surface area (Å²) in [4.78, 5) is 0.326. The third-order valence-electron chi connectivity index (χ3n) is 4.15. The van der Waals surface area contributed by atoms with Crippen molar-refractivity contribution in [3.8, 4) is 0 Å². The fourth-order valence-electron chi connectivity index (χ4n) is 2.91. The summed E-state index contributed by atoms with van der Waals surface area (Å²) in [6, 6.07) is 5.31. The summed E-state index contributed by atoms with van der Waals surface area (Å²) in [5.41, 5.74) is 7.75. The van der Waals surface area contributed by atoms with Crippen LogP contribution in [0, 0.1) is 0 Å². The molecule has 118 valence electrons. The Kier molecular flexibility index (Phi) is 5.71. The van der Waals surface area contributed by atoms with Gasteiger partial charge in [0.1, 0.15) is 0 Å². The van der Waals surface area contributed by atoms with Crippen molar-refractivity contribution < 1.29 is 8.42 Å². The monoisotopic (exact) mass is 328 g/mol. The minimum Gasteiger partial charge on any atom is -0.326 e. The normalized spacial score (nSPS) is 22.6. The summed E-state index contributed by atoms with van der Waals surface area (Å²) in [5, 5.41) is 0.378. The molecule has 1 aromatic rings. The topological polar surface area (TPSA) is 72.2 Å². The van der Waals surface area contributed by atoms with Crippen molar-refractivity contribution in [3.05, 3.63) is 29.3 Å². The molecule has 4 nitrogen and oxygen atoms in total. The highest BCUT2D eigenvalue weighted by atomic mass is 32.2. The molecule has 1 aliphatic carbocycles. The molecule has 1 aromatic carbocycles. The van der Waals surface area contributed by atoms with Crippen LogP contribution in [0.25, 0.3) is 0 Å². The average Bonchev–Trinajstić information content (AvgIpc) is 2.92. The Hall–Kier alpha value is -0.560. The minimum absolute atomic E-state index is 0.0391. The Bertz CT molecular complexity index is 587. The predicted molar refractivity (Wildman–Crippen MR) is 89.0 cm³/mol. The van der Waals surface area contributed by atoms with Gasteiger partial charge in [-0.3, -0.25) is 0 Å². The third-order valence-corrected chi connectivity index (χ3v) is 6.81. The smallest absolute Gasteiger partial charge is 0.240 e. The lowest BCUT2D eigenvalue weighted by atomic mass is 10.1. The van der Waals surface area contributed by atoms with E-state index in [-0.39, 0.29) is 6.04 Å². The molecule has 6 heteroatoms. The highest BCUT2D eigenvalue weighted by Crippen LogP contribution is 2.29. The van der Waals surface area contributed by atoms with Crippen molar-refractivity contribution >= 4 is 21.8 Å². The van der Waals surface area contributed by atoms with E-state index in [1.54, 1.807) is 23.9 Å². The van der Waals surface area contributed by atoms with Crippen molar-refractivity contribution in [1.82, 2.24) is 4.72 Å². The van der Waals surface area contributed by atoms with E-state index in [4.69, 9.17) is 5.73 Å². The largest absolute Gasteiger partial charge is 0.326 e. The zero-order valence-corrected chi connectivity index (χ0v) is 14.3. The van der Waals surface area contributed by atoms with Crippen molar-refractivity contribution in [1.29, 1.82) is 0 Å². The highest BCUT2D eigenvalue weighted by Gasteiger charge is 2.30. The Morgan fingerprint density at radius 2 is 2.10 bits per heavy atom. The van der Waals surface area contributed by atoms with Crippen LogP contribution in [0.2, 0.25) is 0 Å². The number of nitrogens with one attached hydrogen (secondary N) is 1. The van der Waals surface area contributed by atoms with Crippen LogP contribution in [0.4, 0.5) is 0 Å². The number of hydrogen-bond donors (Lipinski definition) is 2. The van der Waals surface area contributed by atoms with Gasteiger partial charge in [-0.25, -0.2) is 13.1 Å². The molecule has 0 saturated heterocycles. The van der Waals surface area contributed by atoms with E-state index in [9.17, 15) is 8.42 Å². The first-order valence-corrected chi connectivity index (χ1v) is 10.2. The summed E-state index contributed by atoms with van der Waals surface area (Å²) in [7, 11) is -3.46. The summed E-state index contributed by atoms with van der Waals surface area (Å²) in [6.07, 6.45) is 5.98. The zero-order chi connectivity index (χ0) is 15.5. The molecule has 2 atom stereocenters. The first-order chi connectivity index (χ1) is 10.0. The predicted octanol–water partition coefficient (Wildman–Crippen LogP) is 2.27. The fraction of sp³-hybridized carbons (Fsp3) is 0.600. The average molecular weight is 329 g/mol. The van der Waals surface area contributed by atoms with E-state index in [0.29, 0.717) is 16.7 Å². The second kappa shape index (κ2) is 7.13. The van der Waals surface area contributed by atoms with Crippen LogP contribution >= 0.6 is 11.8 Å². The van der Waals surface area contributed by atoms with Crippen LogP contribution in [0.5, 0.6) is 0 Å². The maximum Gasteiger partial charge on any atom is 0.240 e. The van der Waals surface area contributed by atoms with Crippen molar-refractivity contribution in [3.63, 3.8) is 0 Å². The third kappa shape index (κ3) is 3.80. The van der Waals surface area contributed by atoms with Gasteiger partial charge in [-0.15, -0.1) is 0 Å². The van der Waals surface area contributed by atoms with Gasteiger partial charge in [-0.2, -0.15) is 11.8 Å². The number of aryl methyl sites for hydroxylation is 1. The van der Waals surface area contributed by atoms with Crippen LogP contribution in [0.15, 0.2) is 23.1 Å². The molecular formula is C15H24N2O2S2. The first-order valence-electron chi connectivity index (χ1n) is 7.38. The maximum atomic E-state index is 12.6. The van der Waals surface area contributed by atoms with Gasteiger partial charge >= 0.3 is 0 Å². The molecule has 0 aliphatic heterocycles. The number of sulfonamides is 1. The van der Waals surface area contributed by atoms with E-state index < -0.39 is 10.0 Å². The van der Waals surface area contributed by atoms with Crippen molar-refractivity contribution in [2.24, 2.45) is 5.73 Å². The Labute approximate surface area is 131 Å². The van der Waals surface area contributed by atoms with E-state index >= 15 is 0 Å². The van der Waals surface area contributed by atoms with Crippen LogP contribution in [0.1, 0.15) is 37.3 Å². The molecule has 0 heterocycles. The zero-order valence-electron chi connectivity index (χ0n) is 12.6.